The first-order chi connectivity index (χ1) is 14.5. The number of carbonyl (C=O) groups is 1. The number of anilines is 1. The molecule has 2 aromatic carbocycles. The fourth-order valence-electron chi connectivity index (χ4n) is 3.72. The van der Waals surface area contributed by atoms with Crippen LogP contribution < -0.4 is 10.2 Å². The molecule has 0 atom stereocenters. The van der Waals surface area contributed by atoms with E-state index in [-0.39, 0.29) is 18.3 Å². The first kappa shape index (κ1) is 20.4. The summed E-state index contributed by atoms with van der Waals surface area (Å²) < 4.78 is 13.4. The molecule has 4 rings (SSSR count). The van der Waals surface area contributed by atoms with Crippen molar-refractivity contribution in [3.8, 4) is 0 Å². The molecule has 6 heteroatoms. The highest BCUT2D eigenvalue weighted by molar-refractivity contribution is 7.99. The van der Waals surface area contributed by atoms with Gasteiger partial charge in [0.2, 0.25) is 0 Å². The molecule has 0 saturated heterocycles. The molecule has 1 amide bonds. The third-order valence-corrected chi connectivity index (χ3v) is 6.04. The number of rotatable bonds is 6. The van der Waals surface area contributed by atoms with Gasteiger partial charge in [0.1, 0.15) is 16.7 Å². The summed E-state index contributed by atoms with van der Waals surface area (Å²) in [5.74, 6) is 1.22. The molecular formula is C24H24FN3OS. The van der Waals surface area contributed by atoms with Gasteiger partial charge in [-0.15, -0.1) is 11.8 Å². The number of carbonyl (C=O) groups excluding carboxylic acids is 1. The Hall–Kier alpha value is -2.86. The Morgan fingerprint density at radius 2 is 1.87 bits per heavy atom. The van der Waals surface area contributed by atoms with Gasteiger partial charge in [0, 0.05) is 19.6 Å². The lowest BCUT2D eigenvalue weighted by Gasteiger charge is -2.20. The maximum Gasteiger partial charge on any atom is 0.254 e. The van der Waals surface area contributed by atoms with Crippen molar-refractivity contribution >= 4 is 23.5 Å². The molecular weight excluding hydrogens is 397 g/mol. The van der Waals surface area contributed by atoms with Crippen LogP contribution in [0.2, 0.25) is 0 Å². The molecule has 1 N–H and O–H groups in total. The predicted molar refractivity (Wildman–Crippen MR) is 119 cm³/mol. The summed E-state index contributed by atoms with van der Waals surface area (Å²) in [6, 6.07) is 16.7. The van der Waals surface area contributed by atoms with Crippen LogP contribution in [0.25, 0.3) is 0 Å². The van der Waals surface area contributed by atoms with E-state index in [0.29, 0.717) is 5.56 Å². The topological polar surface area (TPSA) is 45.2 Å². The van der Waals surface area contributed by atoms with Crippen molar-refractivity contribution in [1.82, 2.24) is 10.3 Å². The fraction of sp³-hybridized carbons (Fsp3) is 0.250. The SMILES string of the molecule is CCSc1nc(N2Cc3ccccc3C2)cc(C)c1C(=O)NCc1cccc(F)c1. The van der Waals surface area contributed by atoms with Crippen LogP contribution in [0.1, 0.15) is 39.5 Å². The van der Waals surface area contributed by atoms with Crippen molar-refractivity contribution in [3.05, 3.63) is 88.2 Å². The lowest BCUT2D eigenvalue weighted by molar-refractivity contribution is 0.0946. The van der Waals surface area contributed by atoms with Crippen molar-refractivity contribution in [2.24, 2.45) is 0 Å². The number of hydrogen-bond donors (Lipinski definition) is 1. The summed E-state index contributed by atoms with van der Waals surface area (Å²) in [5, 5.41) is 3.65. The normalized spacial score (nSPS) is 12.7. The van der Waals surface area contributed by atoms with Crippen LogP contribution in [0.4, 0.5) is 10.2 Å². The van der Waals surface area contributed by atoms with Gasteiger partial charge in [0.15, 0.2) is 0 Å². The largest absolute Gasteiger partial charge is 0.348 e. The summed E-state index contributed by atoms with van der Waals surface area (Å²) >= 11 is 1.57. The van der Waals surface area contributed by atoms with E-state index < -0.39 is 0 Å². The highest BCUT2D eigenvalue weighted by Crippen LogP contribution is 2.32. The molecule has 0 spiro atoms. The number of halogens is 1. The standard InChI is InChI=1S/C24H24FN3OS/c1-3-30-24-22(23(29)26-13-17-7-6-10-20(25)12-17)16(2)11-21(27-24)28-14-18-8-4-5-9-19(18)15-28/h4-12H,3,13-15H2,1-2H3,(H,26,29). The molecule has 0 aliphatic carbocycles. The Bertz CT molecular complexity index is 1060. The molecule has 0 radical (unpaired) electrons. The van der Waals surface area contributed by atoms with E-state index >= 15 is 0 Å². The first-order valence-corrected chi connectivity index (χ1v) is 11.0. The molecule has 1 aromatic heterocycles. The minimum Gasteiger partial charge on any atom is -0.348 e. The van der Waals surface area contributed by atoms with E-state index in [9.17, 15) is 9.18 Å². The van der Waals surface area contributed by atoms with E-state index in [1.165, 1.54) is 23.3 Å². The maximum atomic E-state index is 13.4. The third kappa shape index (κ3) is 4.33. The zero-order valence-electron chi connectivity index (χ0n) is 17.1. The molecule has 154 valence electrons. The molecule has 2 heterocycles. The van der Waals surface area contributed by atoms with Crippen molar-refractivity contribution in [2.75, 3.05) is 10.7 Å². The predicted octanol–water partition coefficient (Wildman–Crippen LogP) is 5.09. The summed E-state index contributed by atoms with van der Waals surface area (Å²) in [6.45, 7) is 5.92. The summed E-state index contributed by atoms with van der Waals surface area (Å²) in [7, 11) is 0. The minimum absolute atomic E-state index is 0.184. The molecule has 0 unspecified atom stereocenters. The highest BCUT2D eigenvalue weighted by Gasteiger charge is 2.23. The summed E-state index contributed by atoms with van der Waals surface area (Å²) in [6.07, 6.45) is 0. The third-order valence-electron chi connectivity index (χ3n) is 5.18. The molecule has 1 aliphatic rings. The Morgan fingerprint density at radius 3 is 2.53 bits per heavy atom. The van der Waals surface area contributed by atoms with E-state index in [2.05, 4.69) is 41.4 Å². The maximum absolute atomic E-state index is 13.4. The first-order valence-electron chi connectivity index (χ1n) is 10.0. The lowest BCUT2D eigenvalue weighted by atomic mass is 10.1. The van der Waals surface area contributed by atoms with Gasteiger partial charge >= 0.3 is 0 Å². The smallest absolute Gasteiger partial charge is 0.254 e. The number of benzene rings is 2. The zero-order chi connectivity index (χ0) is 21.1. The minimum atomic E-state index is -0.308. The lowest BCUT2D eigenvalue weighted by Crippen LogP contribution is -2.25. The van der Waals surface area contributed by atoms with Crippen LogP contribution in [-0.4, -0.2) is 16.6 Å². The molecule has 30 heavy (non-hydrogen) atoms. The Kier molecular flexibility index (Phi) is 6.04. The van der Waals surface area contributed by atoms with Gasteiger partial charge in [-0.05, 0) is 53.1 Å². The van der Waals surface area contributed by atoms with Crippen molar-refractivity contribution in [3.63, 3.8) is 0 Å². The van der Waals surface area contributed by atoms with Gasteiger partial charge in [0.05, 0.1) is 5.56 Å². The Balaban J connectivity index is 1.56. The Morgan fingerprint density at radius 1 is 1.13 bits per heavy atom. The van der Waals surface area contributed by atoms with Gasteiger partial charge < -0.3 is 10.2 Å². The number of aryl methyl sites for hydroxylation is 1. The van der Waals surface area contributed by atoms with Gasteiger partial charge in [-0.1, -0.05) is 43.3 Å². The van der Waals surface area contributed by atoms with E-state index in [1.54, 1.807) is 23.9 Å². The number of nitrogens with one attached hydrogen (secondary N) is 1. The quantitative estimate of drug-likeness (QED) is 0.563. The van der Waals surface area contributed by atoms with E-state index in [4.69, 9.17) is 4.98 Å². The van der Waals surface area contributed by atoms with Crippen LogP contribution in [-0.2, 0) is 19.6 Å². The van der Waals surface area contributed by atoms with Gasteiger partial charge in [-0.2, -0.15) is 0 Å². The summed E-state index contributed by atoms with van der Waals surface area (Å²) in [5.41, 5.74) is 4.85. The average Bonchev–Trinajstić information content (AvgIpc) is 3.16. The molecule has 0 bridgehead atoms. The Labute approximate surface area is 180 Å². The molecule has 0 saturated carbocycles. The highest BCUT2D eigenvalue weighted by atomic mass is 32.2. The van der Waals surface area contributed by atoms with Gasteiger partial charge in [-0.25, -0.2) is 9.37 Å². The second-order valence-corrected chi connectivity index (χ2v) is 8.60. The second-order valence-electron chi connectivity index (χ2n) is 7.35. The number of fused-ring (bicyclic) bond motifs is 1. The molecule has 4 nitrogen and oxygen atoms in total. The monoisotopic (exact) mass is 421 g/mol. The number of pyridine rings is 1. The van der Waals surface area contributed by atoms with E-state index in [1.807, 2.05) is 13.0 Å². The number of thioether (sulfide) groups is 1. The summed E-state index contributed by atoms with van der Waals surface area (Å²) in [4.78, 5) is 20.0. The molecule has 0 fully saturated rings. The number of nitrogens with zero attached hydrogens (tertiary/aromatic N) is 2. The van der Waals surface area contributed by atoms with Crippen LogP contribution in [0.15, 0.2) is 59.6 Å². The van der Waals surface area contributed by atoms with Crippen molar-refractivity contribution < 1.29 is 9.18 Å². The fourth-order valence-corrected chi connectivity index (χ4v) is 4.55. The molecule has 3 aromatic rings. The van der Waals surface area contributed by atoms with Crippen LogP contribution in [0.3, 0.4) is 0 Å². The number of amides is 1. The van der Waals surface area contributed by atoms with Crippen LogP contribution in [0.5, 0.6) is 0 Å². The zero-order valence-corrected chi connectivity index (χ0v) is 17.9. The average molecular weight is 422 g/mol. The van der Waals surface area contributed by atoms with E-state index in [0.717, 1.165) is 40.8 Å². The van der Waals surface area contributed by atoms with Crippen LogP contribution in [0, 0.1) is 12.7 Å². The number of hydrogen-bond acceptors (Lipinski definition) is 4. The number of aromatic nitrogens is 1. The van der Waals surface area contributed by atoms with Crippen molar-refractivity contribution in [2.45, 2.75) is 38.5 Å². The second kappa shape index (κ2) is 8.88. The van der Waals surface area contributed by atoms with Crippen LogP contribution >= 0.6 is 11.8 Å². The molecule has 1 aliphatic heterocycles. The van der Waals surface area contributed by atoms with Gasteiger partial charge in [-0.3, -0.25) is 4.79 Å². The van der Waals surface area contributed by atoms with Gasteiger partial charge in [0.25, 0.3) is 5.91 Å². The van der Waals surface area contributed by atoms with Crippen molar-refractivity contribution in [1.29, 1.82) is 0 Å².